The van der Waals surface area contributed by atoms with Gasteiger partial charge in [0.15, 0.2) is 0 Å². The Bertz CT molecular complexity index is 473. The SMILES string of the molecule is CN1C(=O)S/C(=C/C=C/c2ccco2)C1=O. The van der Waals surface area contributed by atoms with Gasteiger partial charge in [0.1, 0.15) is 5.76 Å². The molecule has 2 heterocycles. The van der Waals surface area contributed by atoms with E-state index < -0.39 is 0 Å². The Morgan fingerprint density at radius 1 is 1.44 bits per heavy atom. The lowest BCUT2D eigenvalue weighted by Gasteiger charge is -2.00. The van der Waals surface area contributed by atoms with Gasteiger partial charge in [-0.05, 0) is 36.0 Å². The molecule has 0 aliphatic carbocycles. The fraction of sp³-hybridized carbons (Fsp3) is 0.0909. The van der Waals surface area contributed by atoms with E-state index >= 15 is 0 Å². The topological polar surface area (TPSA) is 50.5 Å². The first-order chi connectivity index (χ1) is 7.68. The van der Waals surface area contributed by atoms with Crippen LogP contribution in [-0.2, 0) is 4.79 Å². The molecule has 1 aromatic rings. The average Bonchev–Trinajstić information content (AvgIpc) is 2.85. The van der Waals surface area contributed by atoms with E-state index in [-0.39, 0.29) is 11.1 Å². The summed E-state index contributed by atoms with van der Waals surface area (Å²) in [6.45, 7) is 0. The second kappa shape index (κ2) is 4.40. The summed E-state index contributed by atoms with van der Waals surface area (Å²) in [4.78, 5) is 24.2. The van der Waals surface area contributed by atoms with E-state index in [2.05, 4.69) is 0 Å². The Labute approximate surface area is 96.6 Å². The van der Waals surface area contributed by atoms with Gasteiger partial charge in [-0.3, -0.25) is 14.5 Å². The van der Waals surface area contributed by atoms with Gasteiger partial charge in [-0.1, -0.05) is 6.08 Å². The fourth-order valence-electron chi connectivity index (χ4n) is 1.18. The number of furan rings is 1. The number of amides is 2. The van der Waals surface area contributed by atoms with Crippen LogP contribution in [0.25, 0.3) is 6.08 Å². The number of carbonyl (C=O) groups is 2. The molecule has 0 saturated carbocycles. The molecule has 2 rings (SSSR count). The highest BCUT2D eigenvalue weighted by Gasteiger charge is 2.31. The van der Waals surface area contributed by atoms with Crippen molar-refractivity contribution in [1.29, 1.82) is 0 Å². The molecule has 0 spiro atoms. The smallest absolute Gasteiger partial charge is 0.293 e. The van der Waals surface area contributed by atoms with Crippen molar-refractivity contribution in [2.24, 2.45) is 0 Å². The maximum absolute atomic E-state index is 11.5. The Kier molecular flexibility index (Phi) is 2.96. The third kappa shape index (κ3) is 2.09. The minimum absolute atomic E-state index is 0.248. The quantitative estimate of drug-likeness (QED) is 0.739. The monoisotopic (exact) mass is 235 g/mol. The standard InChI is InChI=1S/C11H9NO3S/c1-12-10(13)9(16-11(12)14)6-2-4-8-5-3-7-15-8/h2-7H,1H3/b4-2+,9-6+. The van der Waals surface area contributed by atoms with Gasteiger partial charge in [0.05, 0.1) is 11.2 Å². The van der Waals surface area contributed by atoms with Crippen molar-refractivity contribution >= 4 is 29.0 Å². The lowest BCUT2D eigenvalue weighted by atomic mass is 10.3. The zero-order chi connectivity index (χ0) is 11.5. The van der Waals surface area contributed by atoms with E-state index in [1.54, 1.807) is 36.6 Å². The lowest BCUT2D eigenvalue weighted by Crippen LogP contribution is -2.22. The number of nitrogens with zero attached hydrogens (tertiary/aromatic N) is 1. The molecule has 1 aromatic heterocycles. The van der Waals surface area contributed by atoms with E-state index in [0.29, 0.717) is 10.7 Å². The van der Waals surface area contributed by atoms with E-state index in [9.17, 15) is 9.59 Å². The Morgan fingerprint density at radius 2 is 2.25 bits per heavy atom. The maximum atomic E-state index is 11.5. The van der Waals surface area contributed by atoms with Gasteiger partial charge in [0.2, 0.25) is 0 Å². The molecule has 0 N–H and O–H groups in total. The summed E-state index contributed by atoms with van der Waals surface area (Å²) in [5, 5.41) is -0.248. The number of carbonyl (C=O) groups excluding carboxylic acids is 2. The molecule has 0 bridgehead atoms. The summed E-state index contributed by atoms with van der Waals surface area (Å²) < 4.78 is 5.08. The number of allylic oxidation sites excluding steroid dienone is 2. The summed E-state index contributed by atoms with van der Waals surface area (Å²) in [6.07, 6.45) is 6.59. The molecule has 0 radical (unpaired) electrons. The normalized spacial score (nSPS) is 19.3. The third-order valence-corrected chi connectivity index (χ3v) is 3.02. The van der Waals surface area contributed by atoms with Crippen LogP contribution in [0.15, 0.2) is 39.9 Å². The van der Waals surface area contributed by atoms with Gasteiger partial charge in [0.25, 0.3) is 11.1 Å². The van der Waals surface area contributed by atoms with Crippen LogP contribution in [0.5, 0.6) is 0 Å². The summed E-state index contributed by atoms with van der Waals surface area (Å²) in [6, 6.07) is 3.58. The second-order valence-electron chi connectivity index (χ2n) is 3.14. The van der Waals surface area contributed by atoms with Crippen molar-refractivity contribution in [3.8, 4) is 0 Å². The number of thioether (sulfide) groups is 1. The summed E-state index contributed by atoms with van der Waals surface area (Å²) in [7, 11) is 1.47. The first-order valence-electron chi connectivity index (χ1n) is 4.60. The minimum Gasteiger partial charge on any atom is -0.465 e. The Balaban J connectivity index is 2.09. The Hall–Kier alpha value is -1.75. The molecule has 0 unspecified atom stereocenters. The van der Waals surface area contributed by atoms with Crippen LogP contribution in [-0.4, -0.2) is 23.1 Å². The first kappa shape index (κ1) is 10.8. The Morgan fingerprint density at radius 3 is 2.81 bits per heavy atom. The zero-order valence-corrected chi connectivity index (χ0v) is 9.36. The van der Waals surface area contributed by atoms with Crippen LogP contribution in [0.4, 0.5) is 4.79 Å². The average molecular weight is 235 g/mol. The van der Waals surface area contributed by atoms with E-state index in [4.69, 9.17) is 4.42 Å². The molecule has 82 valence electrons. The highest BCUT2D eigenvalue weighted by Crippen LogP contribution is 2.29. The molecule has 2 amide bonds. The van der Waals surface area contributed by atoms with Crippen molar-refractivity contribution in [1.82, 2.24) is 4.90 Å². The fourth-order valence-corrected chi connectivity index (χ4v) is 1.95. The lowest BCUT2D eigenvalue weighted by molar-refractivity contribution is -0.121. The van der Waals surface area contributed by atoms with Gasteiger partial charge in [-0.15, -0.1) is 0 Å². The number of imide groups is 1. The molecule has 4 nitrogen and oxygen atoms in total. The molecule has 1 saturated heterocycles. The van der Waals surface area contributed by atoms with E-state index in [0.717, 1.165) is 16.7 Å². The molecule has 1 fully saturated rings. The van der Waals surface area contributed by atoms with Crippen molar-refractivity contribution in [2.45, 2.75) is 0 Å². The predicted molar refractivity (Wildman–Crippen MR) is 61.6 cm³/mol. The van der Waals surface area contributed by atoms with Gasteiger partial charge in [0, 0.05) is 7.05 Å². The van der Waals surface area contributed by atoms with Crippen molar-refractivity contribution in [2.75, 3.05) is 7.05 Å². The van der Waals surface area contributed by atoms with Crippen molar-refractivity contribution in [3.05, 3.63) is 41.2 Å². The van der Waals surface area contributed by atoms with Crippen LogP contribution < -0.4 is 0 Å². The predicted octanol–water partition coefficient (Wildman–Crippen LogP) is 2.50. The van der Waals surface area contributed by atoms with Crippen LogP contribution in [0.2, 0.25) is 0 Å². The maximum Gasteiger partial charge on any atom is 0.293 e. The molecule has 0 aromatic carbocycles. The third-order valence-electron chi connectivity index (χ3n) is 2.04. The minimum atomic E-state index is -0.265. The molecule has 16 heavy (non-hydrogen) atoms. The molecular weight excluding hydrogens is 226 g/mol. The number of likely N-dealkylation sites (N-methyl/N-ethyl adjacent to an activating group) is 1. The highest BCUT2D eigenvalue weighted by molar-refractivity contribution is 8.18. The van der Waals surface area contributed by atoms with Gasteiger partial charge in [-0.25, -0.2) is 0 Å². The number of rotatable bonds is 2. The summed E-state index contributed by atoms with van der Waals surface area (Å²) >= 11 is 0.936. The number of hydrogen-bond acceptors (Lipinski definition) is 4. The molecule has 1 aliphatic rings. The van der Waals surface area contributed by atoms with Crippen LogP contribution in [0, 0.1) is 0 Å². The van der Waals surface area contributed by atoms with Crippen molar-refractivity contribution < 1.29 is 14.0 Å². The van der Waals surface area contributed by atoms with Crippen LogP contribution in [0.3, 0.4) is 0 Å². The van der Waals surface area contributed by atoms with Crippen LogP contribution in [0.1, 0.15) is 5.76 Å². The summed E-state index contributed by atoms with van der Waals surface area (Å²) in [5.74, 6) is 0.436. The van der Waals surface area contributed by atoms with Gasteiger partial charge in [-0.2, -0.15) is 0 Å². The van der Waals surface area contributed by atoms with E-state index in [1.165, 1.54) is 7.05 Å². The largest absolute Gasteiger partial charge is 0.465 e. The molecular formula is C11H9NO3S. The van der Waals surface area contributed by atoms with Gasteiger partial charge >= 0.3 is 0 Å². The van der Waals surface area contributed by atoms with Crippen LogP contribution >= 0.6 is 11.8 Å². The van der Waals surface area contributed by atoms with Crippen molar-refractivity contribution in [3.63, 3.8) is 0 Å². The first-order valence-corrected chi connectivity index (χ1v) is 5.42. The number of hydrogen-bond donors (Lipinski definition) is 0. The summed E-state index contributed by atoms with van der Waals surface area (Å²) in [5.41, 5.74) is 0. The second-order valence-corrected chi connectivity index (χ2v) is 4.13. The highest BCUT2D eigenvalue weighted by atomic mass is 32.2. The zero-order valence-electron chi connectivity index (χ0n) is 8.54. The molecule has 1 aliphatic heterocycles. The van der Waals surface area contributed by atoms with E-state index in [1.807, 2.05) is 0 Å². The molecule has 5 heteroatoms. The van der Waals surface area contributed by atoms with Gasteiger partial charge < -0.3 is 4.42 Å². The molecule has 0 atom stereocenters.